The van der Waals surface area contributed by atoms with Crippen molar-refractivity contribution in [3.8, 4) is 0 Å². The standard InChI is InChI=1S/C12H9BrCl2F2N2/c13-8-3-1-7(2-4-8)6-19-11(15)9(5-14)10(18-19)12(16)17/h1-4,12H,5-6H2. The third kappa shape index (κ3) is 3.27. The Bertz CT molecular complexity index is 570. The molecule has 0 atom stereocenters. The summed E-state index contributed by atoms with van der Waals surface area (Å²) in [6.07, 6.45) is -2.68. The molecule has 2 nitrogen and oxygen atoms in total. The average Bonchev–Trinajstić information content (AvgIpc) is 2.69. The number of hydrogen-bond acceptors (Lipinski definition) is 1. The van der Waals surface area contributed by atoms with E-state index in [4.69, 9.17) is 23.2 Å². The van der Waals surface area contributed by atoms with E-state index in [1.165, 1.54) is 4.68 Å². The average molecular weight is 370 g/mol. The first-order valence-corrected chi connectivity index (χ1v) is 7.07. The van der Waals surface area contributed by atoms with Crippen LogP contribution in [0.2, 0.25) is 5.15 Å². The maximum atomic E-state index is 12.8. The molecule has 2 rings (SSSR count). The van der Waals surface area contributed by atoms with E-state index >= 15 is 0 Å². The zero-order chi connectivity index (χ0) is 14.0. The molecule has 0 amide bonds. The maximum Gasteiger partial charge on any atom is 0.282 e. The molecule has 2 aromatic rings. The molecule has 0 spiro atoms. The molecule has 19 heavy (non-hydrogen) atoms. The molecule has 0 aliphatic carbocycles. The fourth-order valence-corrected chi connectivity index (χ4v) is 2.52. The Balaban J connectivity index is 2.32. The molecular weight excluding hydrogens is 361 g/mol. The van der Waals surface area contributed by atoms with Gasteiger partial charge in [-0.1, -0.05) is 39.7 Å². The van der Waals surface area contributed by atoms with Crippen molar-refractivity contribution in [1.29, 1.82) is 0 Å². The Labute approximate surface area is 127 Å². The van der Waals surface area contributed by atoms with Crippen molar-refractivity contribution in [2.24, 2.45) is 0 Å². The van der Waals surface area contributed by atoms with Crippen molar-refractivity contribution in [3.63, 3.8) is 0 Å². The van der Waals surface area contributed by atoms with E-state index in [1.807, 2.05) is 24.3 Å². The minimum atomic E-state index is -2.68. The molecule has 102 valence electrons. The van der Waals surface area contributed by atoms with E-state index in [-0.39, 0.29) is 22.3 Å². The number of hydrogen-bond donors (Lipinski definition) is 0. The highest BCUT2D eigenvalue weighted by Crippen LogP contribution is 2.29. The lowest BCUT2D eigenvalue weighted by Crippen LogP contribution is -2.02. The van der Waals surface area contributed by atoms with Gasteiger partial charge in [0.2, 0.25) is 0 Å². The summed E-state index contributed by atoms with van der Waals surface area (Å²) < 4.78 is 27.9. The molecule has 0 N–H and O–H groups in total. The van der Waals surface area contributed by atoms with Gasteiger partial charge in [-0.3, -0.25) is 0 Å². The zero-order valence-electron chi connectivity index (χ0n) is 9.59. The van der Waals surface area contributed by atoms with Crippen molar-refractivity contribution in [2.45, 2.75) is 18.9 Å². The fourth-order valence-electron chi connectivity index (χ4n) is 1.66. The molecule has 0 unspecified atom stereocenters. The van der Waals surface area contributed by atoms with Crippen LogP contribution in [0.15, 0.2) is 28.7 Å². The lowest BCUT2D eigenvalue weighted by Gasteiger charge is -2.04. The Kier molecular flexibility index (Phi) is 4.81. The van der Waals surface area contributed by atoms with Crippen LogP contribution in [-0.2, 0) is 12.4 Å². The van der Waals surface area contributed by atoms with Crippen LogP contribution in [0.3, 0.4) is 0 Å². The fraction of sp³-hybridized carbons (Fsp3) is 0.250. The normalized spacial score (nSPS) is 11.3. The van der Waals surface area contributed by atoms with Gasteiger partial charge in [0.15, 0.2) is 0 Å². The summed E-state index contributed by atoms with van der Waals surface area (Å²) in [6.45, 7) is 0.322. The quantitative estimate of drug-likeness (QED) is 0.691. The molecule has 0 saturated heterocycles. The Morgan fingerprint density at radius 1 is 1.26 bits per heavy atom. The van der Waals surface area contributed by atoms with Gasteiger partial charge in [0.1, 0.15) is 10.8 Å². The molecule has 1 heterocycles. The van der Waals surface area contributed by atoms with E-state index in [0.717, 1.165) is 10.0 Å². The second kappa shape index (κ2) is 6.20. The van der Waals surface area contributed by atoms with Crippen LogP contribution in [0.1, 0.15) is 23.2 Å². The van der Waals surface area contributed by atoms with Gasteiger partial charge in [-0.15, -0.1) is 11.6 Å². The van der Waals surface area contributed by atoms with E-state index in [0.29, 0.717) is 6.54 Å². The molecule has 0 fully saturated rings. The first-order valence-electron chi connectivity index (χ1n) is 5.36. The number of nitrogens with zero attached hydrogens (tertiary/aromatic N) is 2. The highest BCUT2D eigenvalue weighted by molar-refractivity contribution is 9.10. The predicted octanol–water partition coefficient (Wildman–Crippen LogP) is 5.02. The molecule has 7 heteroatoms. The Morgan fingerprint density at radius 3 is 2.37 bits per heavy atom. The smallest absolute Gasteiger partial charge is 0.249 e. The van der Waals surface area contributed by atoms with Crippen LogP contribution in [0.4, 0.5) is 8.78 Å². The first-order chi connectivity index (χ1) is 9.02. The van der Waals surface area contributed by atoms with Crippen LogP contribution in [-0.4, -0.2) is 9.78 Å². The topological polar surface area (TPSA) is 17.8 Å². The summed E-state index contributed by atoms with van der Waals surface area (Å²) in [4.78, 5) is 0. The summed E-state index contributed by atoms with van der Waals surface area (Å²) in [5.41, 5.74) is 0.752. The second-order valence-electron chi connectivity index (χ2n) is 3.87. The van der Waals surface area contributed by atoms with E-state index in [2.05, 4.69) is 21.0 Å². The van der Waals surface area contributed by atoms with Crippen LogP contribution in [0.25, 0.3) is 0 Å². The number of aromatic nitrogens is 2. The lowest BCUT2D eigenvalue weighted by atomic mass is 10.2. The molecule has 1 aromatic heterocycles. The number of halogens is 5. The number of alkyl halides is 3. The summed E-state index contributed by atoms with van der Waals surface area (Å²) in [6, 6.07) is 7.46. The Morgan fingerprint density at radius 2 is 1.89 bits per heavy atom. The monoisotopic (exact) mass is 368 g/mol. The first kappa shape index (κ1) is 14.8. The van der Waals surface area contributed by atoms with Gasteiger partial charge < -0.3 is 0 Å². The molecule has 1 aromatic carbocycles. The highest BCUT2D eigenvalue weighted by atomic mass is 79.9. The summed E-state index contributed by atoms with van der Waals surface area (Å²) in [5.74, 6) is -0.0845. The zero-order valence-corrected chi connectivity index (χ0v) is 12.7. The lowest BCUT2D eigenvalue weighted by molar-refractivity contribution is 0.144. The Hall–Kier alpha value is -0.650. The summed E-state index contributed by atoms with van der Waals surface area (Å²) in [7, 11) is 0. The van der Waals surface area contributed by atoms with Crippen LogP contribution >= 0.6 is 39.1 Å². The van der Waals surface area contributed by atoms with Gasteiger partial charge in [-0.2, -0.15) is 5.10 Å². The van der Waals surface area contributed by atoms with Gasteiger partial charge in [0.05, 0.1) is 12.4 Å². The van der Waals surface area contributed by atoms with Gasteiger partial charge in [0, 0.05) is 10.0 Å². The van der Waals surface area contributed by atoms with E-state index < -0.39 is 6.43 Å². The minimum absolute atomic E-state index is 0.0845. The molecule has 0 bridgehead atoms. The molecular formula is C12H9BrCl2F2N2. The SMILES string of the molecule is FC(F)c1nn(Cc2ccc(Br)cc2)c(Cl)c1CCl. The summed E-state index contributed by atoms with van der Waals surface area (Å²) in [5, 5.41) is 4.00. The van der Waals surface area contributed by atoms with Crippen LogP contribution in [0.5, 0.6) is 0 Å². The minimum Gasteiger partial charge on any atom is -0.249 e. The third-order valence-corrected chi connectivity index (χ3v) is 3.82. The van der Waals surface area contributed by atoms with Crippen molar-refractivity contribution in [2.75, 3.05) is 0 Å². The van der Waals surface area contributed by atoms with Crippen LogP contribution < -0.4 is 0 Å². The number of rotatable bonds is 4. The summed E-state index contributed by atoms with van der Waals surface area (Å²) >= 11 is 15.0. The molecule has 0 aliphatic heterocycles. The van der Waals surface area contributed by atoms with E-state index in [1.54, 1.807) is 0 Å². The largest absolute Gasteiger partial charge is 0.282 e. The van der Waals surface area contributed by atoms with Crippen LogP contribution in [0, 0.1) is 0 Å². The molecule has 0 aliphatic rings. The number of benzene rings is 1. The van der Waals surface area contributed by atoms with Crippen molar-refractivity contribution in [3.05, 3.63) is 50.7 Å². The van der Waals surface area contributed by atoms with E-state index in [9.17, 15) is 8.78 Å². The maximum absolute atomic E-state index is 12.8. The van der Waals surface area contributed by atoms with Gasteiger partial charge in [-0.25, -0.2) is 13.5 Å². The second-order valence-corrected chi connectivity index (χ2v) is 5.41. The van der Waals surface area contributed by atoms with Crippen molar-refractivity contribution >= 4 is 39.1 Å². The molecule has 0 radical (unpaired) electrons. The highest BCUT2D eigenvalue weighted by Gasteiger charge is 2.22. The van der Waals surface area contributed by atoms with Gasteiger partial charge in [-0.05, 0) is 17.7 Å². The predicted molar refractivity (Wildman–Crippen MR) is 75.0 cm³/mol. The van der Waals surface area contributed by atoms with Crippen molar-refractivity contribution < 1.29 is 8.78 Å². The third-order valence-electron chi connectivity index (χ3n) is 2.60. The van der Waals surface area contributed by atoms with Gasteiger partial charge >= 0.3 is 0 Å². The molecule has 0 saturated carbocycles. The van der Waals surface area contributed by atoms with Crippen molar-refractivity contribution in [1.82, 2.24) is 9.78 Å². The van der Waals surface area contributed by atoms with Gasteiger partial charge in [0.25, 0.3) is 6.43 Å².